The highest BCUT2D eigenvalue weighted by Gasteiger charge is 2.30. The van der Waals surface area contributed by atoms with Gasteiger partial charge in [0.05, 0.1) is 0 Å². The molecule has 1 amide bonds. The van der Waals surface area contributed by atoms with Crippen LogP contribution in [0.1, 0.15) is 35.8 Å². The maximum Gasteiger partial charge on any atom is 0.273 e. The second kappa shape index (κ2) is 8.40. The molecule has 0 saturated carbocycles. The van der Waals surface area contributed by atoms with Crippen LogP contribution in [0.2, 0.25) is 0 Å². The number of aromatic nitrogens is 2. The summed E-state index contributed by atoms with van der Waals surface area (Å²) < 4.78 is 0. The molecule has 128 valence electrons. The van der Waals surface area contributed by atoms with E-state index in [0.717, 1.165) is 19.4 Å². The number of nitrogens with zero attached hydrogens (tertiary/aromatic N) is 2. The van der Waals surface area contributed by atoms with Crippen molar-refractivity contribution in [2.75, 3.05) is 25.9 Å². The quantitative estimate of drug-likeness (QED) is 0.687. The Hall–Kier alpha value is -2.47. The fourth-order valence-electron chi connectivity index (χ4n) is 2.85. The molecule has 1 aromatic carbocycles. The third-order valence-electron chi connectivity index (χ3n) is 4.45. The Balaban J connectivity index is 2.19. The maximum atomic E-state index is 12.4. The average molecular weight is 327 g/mol. The van der Waals surface area contributed by atoms with Gasteiger partial charge in [-0.2, -0.15) is 0 Å². The molecule has 0 saturated heterocycles. The van der Waals surface area contributed by atoms with Gasteiger partial charge >= 0.3 is 0 Å². The molecule has 0 aliphatic carbocycles. The minimum atomic E-state index is -0.293. The Morgan fingerprint density at radius 3 is 2.54 bits per heavy atom. The third kappa shape index (κ3) is 4.08. The topological polar surface area (TPSA) is 92.9 Å². The zero-order chi connectivity index (χ0) is 17.4. The normalized spacial score (nSPS) is 13.2. The molecule has 4 N–H and O–H groups in total. The van der Waals surface area contributed by atoms with Crippen molar-refractivity contribution in [3.8, 4) is 0 Å². The van der Waals surface area contributed by atoms with E-state index in [1.807, 2.05) is 25.2 Å². The van der Waals surface area contributed by atoms with Crippen molar-refractivity contribution in [3.05, 3.63) is 54.0 Å². The second-order valence-electron chi connectivity index (χ2n) is 5.83. The summed E-state index contributed by atoms with van der Waals surface area (Å²) in [6, 6.07) is 10.3. The van der Waals surface area contributed by atoms with Gasteiger partial charge in [0.15, 0.2) is 11.5 Å². The standard InChI is InChI=1S/C18H25N5O/c1-3-18(9-10-20-2,14-7-5-4-6-8-14)13-23-17(24)15-16(19)22-12-11-21-15/h4-8,11-12,20H,3,9-10,13H2,1-2H3,(H2,19,22)(H,23,24). The van der Waals surface area contributed by atoms with E-state index >= 15 is 0 Å². The second-order valence-corrected chi connectivity index (χ2v) is 5.83. The fourth-order valence-corrected chi connectivity index (χ4v) is 2.85. The van der Waals surface area contributed by atoms with Crippen molar-refractivity contribution in [1.29, 1.82) is 0 Å². The van der Waals surface area contributed by atoms with Gasteiger partial charge in [-0.1, -0.05) is 37.3 Å². The zero-order valence-corrected chi connectivity index (χ0v) is 14.2. The summed E-state index contributed by atoms with van der Waals surface area (Å²) in [6.07, 6.45) is 4.77. The first-order valence-corrected chi connectivity index (χ1v) is 8.18. The summed E-state index contributed by atoms with van der Waals surface area (Å²) in [5.41, 5.74) is 6.99. The highest BCUT2D eigenvalue weighted by Crippen LogP contribution is 2.31. The minimum absolute atomic E-state index is 0.142. The van der Waals surface area contributed by atoms with E-state index in [1.54, 1.807) is 0 Å². The van der Waals surface area contributed by atoms with E-state index in [9.17, 15) is 4.79 Å². The number of carbonyl (C=O) groups excluding carboxylic acids is 1. The van der Waals surface area contributed by atoms with E-state index in [2.05, 4.69) is 39.7 Å². The first-order valence-electron chi connectivity index (χ1n) is 8.18. The Morgan fingerprint density at radius 2 is 1.92 bits per heavy atom. The van der Waals surface area contributed by atoms with Crippen molar-refractivity contribution >= 4 is 11.7 Å². The maximum absolute atomic E-state index is 12.4. The molecule has 0 spiro atoms. The summed E-state index contributed by atoms with van der Waals surface area (Å²) in [5.74, 6) is -0.147. The molecule has 1 atom stereocenters. The molecule has 2 aromatic rings. The summed E-state index contributed by atoms with van der Waals surface area (Å²) in [6.45, 7) is 3.53. The lowest BCUT2D eigenvalue weighted by Crippen LogP contribution is -2.42. The lowest BCUT2D eigenvalue weighted by Gasteiger charge is -2.34. The van der Waals surface area contributed by atoms with Gasteiger partial charge < -0.3 is 16.4 Å². The molecule has 0 aliphatic heterocycles. The van der Waals surface area contributed by atoms with Crippen molar-refractivity contribution in [3.63, 3.8) is 0 Å². The van der Waals surface area contributed by atoms with Crippen LogP contribution >= 0.6 is 0 Å². The number of benzene rings is 1. The highest BCUT2D eigenvalue weighted by molar-refractivity contribution is 5.96. The van der Waals surface area contributed by atoms with Crippen LogP contribution in [0.15, 0.2) is 42.7 Å². The largest absolute Gasteiger partial charge is 0.382 e. The summed E-state index contributed by atoms with van der Waals surface area (Å²) in [5, 5.41) is 6.19. The van der Waals surface area contributed by atoms with E-state index in [-0.39, 0.29) is 22.8 Å². The Morgan fingerprint density at radius 1 is 1.21 bits per heavy atom. The number of nitrogen functional groups attached to an aromatic ring is 1. The number of amides is 1. The number of hydrogen-bond acceptors (Lipinski definition) is 5. The van der Waals surface area contributed by atoms with Crippen LogP contribution < -0.4 is 16.4 Å². The Bertz CT molecular complexity index is 661. The number of rotatable bonds is 8. The number of nitrogens with one attached hydrogen (secondary N) is 2. The molecule has 6 heteroatoms. The molecule has 0 radical (unpaired) electrons. The van der Waals surface area contributed by atoms with E-state index < -0.39 is 0 Å². The fraction of sp³-hybridized carbons (Fsp3) is 0.389. The van der Waals surface area contributed by atoms with Crippen LogP contribution in [0.5, 0.6) is 0 Å². The number of carbonyl (C=O) groups is 1. The first-order chi connectivity index (χ1) is 11.6. The van der Waals surface area contributed by atoms with Crippen LogP contribution in [-0.2, 0) is 5.41 Å². The lowest BCUT2D eigenvalue weighted by molar-refractivity contribution is 0.0936. The van der Waals surface area contributed by atoms with Gasteiger partial charge in [-0.25, -0.2) is 9.97 Å². The molecule has 0 fully saturated rings. The van der Waals surface area contributed by atoms with Crippen LogP contribution in [0.3, 0.4) is 0 Å². The van der Waals surface area contributed by atoms with Gasteiger partial charge in [0.25, 0.3) is 5.91 Å². The minimum Gasteiger partial charge on any atom is -0.382 e. The average Bonchev–Trinajstić information content (AvgIpc) is 2.63. The third-order valence-corrected chi connectivity index (χ3v) is 4.45. The summed E-state index contributed by atoms with van der Waals surface area (Å²) in [7, 11) is 1.93. The van der Waals surface area contributed by atoms with Crippen molar-refractivity contribution in [2.24, 2.45) is 0 Å². The number of hydrogen-bond donors (Lipinski definition) is 3. The summed E-state index contributed by atoms with van der Waals surface area (Å²) >= 11 is 0. The zero-order valence-electron chi connectivity index (χ0n) is 14.2. The van der Waals surface area contributed by atoms with Crippen molar-refractivity contribution in [1.82, 2.24) is 20.6 Å². The van der Waals surface area contributed by atoms with Gasteiger partial charge in [-0.3, -0.25) is 4.79 Å². The van der Waals surface area contributed by atoms with Gasteiger partial charge in [0, 0.05) is 24.4 Å². The molecule has 1 unspecified atom stereocenters. The van der Waals surface area contributed by atoms with Crippen LogP contribution in [0.4, 0.5) is 5.82 Å². The predicted octanol–water partition coefficient (Wildman–Crippen LogP) is 1.75. The van der Waals surface area contributed by atoms with Gasteiger partial charge in [-0.05, 0) is 32.0 Å². The predicted molar refractivity (Wildman–Crippen MR) is 95.7 cm³/mol. The molecule has 1 aromatic heterocycles. The number of nitrogens with two attached hydrogens (primary N) is 1. The van der Waals surface area contributed by atoms with E-state index in [0.29, 0.717) is 6.54 Å². The molecule has 6 nitrogen and oxygen atoms in total. The highest BCUT2D eigenvalue weighted by atomic mass is 16.1. The first kappa shape index (κ1) is 17.9. The number of anilines is 1. The monoisotopic (exact) mass is 327 g/mol. The van der Waals surface area contributed by atoms with Gasteiger partial charge in [0.1, 0.15) is 0 Å². The van der Waals surface area contributed by atoms with Crippen LogP contribution in [0.25, 0.3) is 0 Å². The van der Waals surface area contributed by atoms with Crippen molar-refractivity contribution < 1.29 is 4.79 Å². The van der Waals surface area contributed by atoms with Crippen LogP contribution in [0, 0.1) is 0 Å². The van der Waals surface area contributed by atoms with Crippen LogP contribution in [-0.4, -0.2) is 36.0 Å². The Labute approximate surface area is 142 Å². The molecule has 1 heterocycles. The molecular weight excluding hydrogens is 302 g/mol. The molecule has 0 bridgehead atoms. The molecular formula is C18H25N5O. The van der Waals surface area contributed by atoms with Gasteiger partial charge in [0.2, 0.25) is 0 Å². The lowest BCUT2D eigenvalue weighted by atomic mass is 9.75. The Kier molecular flexibility index (Phi) is 6.26. The van der Waals surface area contributed by atoms with Crippen molar-refractivity contribution in [2.45, 2.75) is 25.2 Å². The molecule has 2 rings (SSSR count). The van der Waals surface area contributed by atoms with Gasteiger partial charge in [-0.15, -0.1) is 0 Å². The molecule has 0 aliphatic rings. The summed E-state index contributed by atoms with van der Waals surface area (Å²) in [4.78, 5) is 20.4. The molecule has 24 heavy (non-hydrogen) atoms. The SMILES string of the molecule is CCC(CCNC)(CNC(=O)c1nccnc1N)c1ccccc1. The van der Waals surface area contributed by atoms with E-state index in [1.165, 1.54) is 18.0 Å². The smallest absolute Gasteiger partial charge is 0.273 e. The van der Waals surface area contributed by atoms with E-state index in [4.69, 9.17) is 5.73 Å².